The highest BCUT2D eigenvalue weighted by molar-refractivity contribution is 7.54. The van der Waals surface area contributed by atoms with E-state index < -0.39 is 7.60 Å². The van der Waals surface area contributed by atoms with Crippen LogP contribution in [0.5, 0.6) is 0 Å². The molecule has 0 aliphatic heterocycles. The SMILES string of the molecule is CCCOP(=O)(CC(=O)n1ccc2ccccc21)OCCC. The molecule has 0 atom stereocenters. The highest BCUT2D eigenvalue weighted by Gasteiger charge is 2.29. The summed E-state index contributed by atoms with van der Waals surface area (Å²) in [6.45, 7) is 4.48. The fraction of sp³-hybridized carbons (Fsp3) is 0.438. The zero-order chi connectivity index (χ0) is 16.0. The third-order valence-electron chi connectivity index (χ3n) is 3.18. The van der Waals surface area contributed by atoms with Gasteiger partial charge in [-0.25, -0.2) is 0 Å². The first-order chi connectivity index (χ1) is 10.6. The Labute approximate surface area is 130 Å². The average Bonchev–Trinajstić information content (AvgIpc) is 2.95. The van der Waals surface area contributed by atoms with Gasteiger partial charge in [0.05, 0.1) is 18.7 Å². The van der Waals surface area contributed by atoms with E-state index in [9.17, 15) is 9.36 Å². The normalized spacial score (nSPS) is 11.9. The van der Waals surface area contributed by atoms with E-state index in [0.717, 1.165) is 23.7 Å². The summed E-state index contributed by atoms with van der Waals surface area (Å²) in [6, 6.07) is 9.43. The number of nitrogens with zero attached hydrogens (tertiary/aromatic N) is 1. The maximum absolute atomic E-state index is 12.7. The number of fused-ring (bicyclic) bond motifs is 1. The van der Waals surface area contributed by atoms with Crippen LogP contribution in [0.1, 0.15) is 31.5 Å². The molecule has 0 saturated heterocycles. The molecule has 0 fully saturated rings. The van der Waals surface area contributed by atoms with Crippen LogP contribution in [0.2, 0.25) is 0 Å². The van der Waals surface area contributed by atoms with E-state index in [0.29, 0.717) is 13.2 Å². The third kappa shape index (κ3) is 4.07. The minimum absolute atomic E-state index is 0.244. The molecular formula is C16H22NO4P. The Morgan fingerprint density at radius 2 is 1.73 bits per heavy atom. The maximum Gasteiger partial charge on any atom is 0.340 e. The van der Waals surface area contributed by atoms with Gasteiger partial charge in [0.25, 0.3) is 0 Å². The largest absolute Gasteiger partial charge is 0.340 e. The average molecular weight is 323 g/mol. The number of rotatable bonds is 8. The lowest BCUT2D eigenvalue weighted by Gasteiger charge is -2.17. The molecule has 5 nitrogen and oxygen atoms in total. The molecule has 1 heterocycles. The Kier molecular flexibility index (Phi) is 5.95. The summed E-state index contributed by atoms with van der Waals surface area (Å²) in [5, 5.41) is 0.967. The van der Waals surface area contributed by atoms with Gasteiger partial charge in [0.2, 0.25) is 5.91 Å². The number of aromatic nitrogens is 1. The zero-order valence-corrected chi connectivity index (χ0v) is 13.9. The van der Waals surface area contributed by atoms with E-state index >= 15 is 0 Å². The summed E-state index contributed by atoms with van der Waals surface area (Å²) in [7, 11) is -3.40. The van der Waals surface area contributed by atoms with E-state index in [4.69, 9.17) is 9.05 Å². The molecular weight excluding hydrogens is 301 g/mol. The molecule has 1 aromatic heterocycles. The summed E-state index contributed by atoms with van der Waals surface area (Å²) < 4.78 is 24.9. The van der Waals surface area contributed by atoms with Gasteiger partial charge in [-0.15, -0.1) is 0 Å². The van der Waals surface area contributed by atoms with Gasteiger partial charge in [-0.1, -0.05) is 32.0 Å². The van der Waals surface area contributed by atoms with Crippen molar-refractivity contribution in [3.63, 3.8) is 0 Å². The van der Waals surface area contributed by atoms with Crippen molar-refractivity contribution >= 4 is 24.4 Å². The number of carbonyl (C=O) groups is 1. The predicted octanol–water partition coefficient (Wildman–Crippen LogP) is 4.33. The van der Waals surface area contributed by atoms with Crippen molar-refractivity contribution in [2.75, 3.05) is 19.4 Å². The first kappa shape index (κ1) is 16.9. The number of benzene rings is 1. The first-order valence-electron chi connectivity index (χ1n) is 7.57. The van der Waals surface area contributed by atoms with Gasteiger partial charge in [-0.2, -0.15) is 0 Å². The number of para-hydroxylation sites is 1. The predicted molar refractivity (Wildman–Crippen MR) is 87.5 cm³/mol. The molecule has 22 heavy (non-hydrogen) atoms. The standard InChI is InChI=1S/C16H22NO4P/c1-3-11-20-22(19,21-12-4-2)13-16(18)17-10-9-14-7-5-6-8-15(14)17/h5-10H,3-4,11-13H2,1-2H3. The van der Waals surface area contributed by atoms with Crippen LogP contribution >= 0.6 is 7.60 Å². The van der Waals surface area contributed by atoms with E-state index in [2.05, 4.69) is 0 Å². The van der Waals surface area contributed by atoms with Gasteiger partial charge in [-0.05, 0) is 25.0 Å². The minimum Gasteiger partial charge on any atom is -0.308 e. The second-order valence-corrected chi connectivity index (χ2v) is 7.13. The Morgan fingerprint density at radius 1 is 1.09 bits per heavy atom. The summed E-state index contributed by atoms with van der Waals surface area (Å²) in [6.07, 6.45) is 2.89. The topological polar surface area (TPSA) is 57.5 Å². The Bertz CT molecular complexity index is 668. The van der Waals surface area contributed by atoms with Gasteiger partial charge in [0.1, 0.15) is 6.16 Å². The molecule has 0 N–H and O–H groups in total. The van der Waals surface area contributed by atoms with Crippen LogP contribution in [0.3, 0.4) is 0 Å². The zero-order valence-electron chi connectivity index (χ0n) is 13.0. The van der Waals surface area contributed by atoms with Crippen molar-refractivity contribution in [1.82, 2.24) is 4.57 Å². The van der Waals surface area contributed by atoms with Crippen molar-refractivity contribution in [2.45, 2.75) is 26.7 Å². The van der Waals surface area contributed by atoms with Crippen LogP contribution < -0.4 is 0 Å². The van der Waals surface area contributed by atoms with Crippen molar-refractivity contribution in [3.05, 3.63) is 36.5 Å². The minimum atomic E-state index is -3.40. The molecule has 0 radical (unpaired) electrons. The van der Waals surface area contributed by atoms with Crippen LogP contribution in [-0.4, -0.2) is 29.8 Å². The smallest absolute Gasteiger partial charge is 0.308 e. The molecule has 0 saturated carbocycles. The van der Waals surface area contributed by atoms with Gasteiger partial charge in [0.15, 0.2) is 0 Å². The second-order valence-electron chi connectivity index (χ2n) is 5.07. The van der Waals surface area contributed by atoms with Crippen molar-refractivity contribution in [2.24, 2.45) is 0 Å². The molecule has 2 aromatic rings. The molecule has 0 aliphatic rings. The quantitative estimate of drug-likeness (QED) is 0.679. The van der Waals surface area contributed by atoms with Crippen molar-refractivity contribution < 1.29 is 18.4 Å². The highest BCUT2D eigenvalue weighted by atomic mass is 31.2. The van der Waals surface area contributed by atoms with Crippen LogP contribution in [0, 0.1) is 0 Å². The summed E-state index contributed by atoms with van der Waals surface area (Å²) in [5.41, 5.74) is 0.796. The molecule has 0 aliphatic carbocycles. The Hall–Kier alpha value is -1.42. The lowest BCUT2D eigenvalue weighted by Crippen LogP contribution is -2.17. The third-order valence-corrected chi connectivity index (χ3v) is 4.99. The number of carbonyl (C=O) groups excluding carboxylic acids is 1. The van der Waals surface area contributed by atoms with Crippen LogP contribution in [0.15, 0.2) is 36.5 Å². The summed E-state index contributed by atoms with van der Waals surface area (Å²) in [4.78, 5) is 12.5. The summed E-state index contributed by atoms with van der Waals surface area (Å²) in [5.74, 6) is -0.281. The molecule has 0 spiro atoms. The summed E-state index contributed by atoms with van der Waals surface area (Å²) >= 11 is 0. The van der Waals surface area contributed by atoms with E-state index in [1.165, 1.54) is 4.57 Å². The fourth-order valence-corrected chi connectivity index (χ4v) is 3.79. The number of hydrogen-bond acceptors (Lipinski definition) is 4. The van der Waals surface area contributed by atoms with Crippen LogP contribution in [-0.2, 0) is 13.6 Å². The van der Waals surface area contributed by atoms with Crippen molar-refractivity contribution in [3.8, 4) is 0 Å². The highest BCUT2D eigenvalue weighted by Crippen LogP contribution is 2.48. The first-order valence-corrected chi connectivity index (χ1v) is 9.30. The Morgan fingerprint density at radius 3 is 2.36 bits per heavy atom. The maximum atomic E-state index is 12.7. The van der Waals surface area contributed by atoms with Gasteiger partial charge in [0, 0.05) is 11.6 Å². The fourth-order valence-electron chi connectivity index (χ4n) is 2.13. The van der Waals surface area contributed by atoms with Crippen LogP contribution in [0.25, 0.3) is 10.9 Å². The van der Waals surface area contributed by atoms with E-state index in [-0.39, 0.29) is 12.1 Å². The lowest BCUT2D eigenvalue weighted by atomic mass is 10.2. The molecule has 2 rings (SSSR count). The van der Waals surface area contributed by atoms with Gasteiger partial charge < -0.3 is 9.05 Å². The molecule has 0 amide bonds. The number of hydrogen-bond donors (Lipinski definition) is 0. The molecule has 120 valence electrons. The molecule has 0 bridgehead atoms. The Balaban J connectivity index is 2.18. The van der Waals surface area contributed by atoms with Crippen LogP contribution in [0.4, 0.5) is 0 Å². The molecule has 1 aromatic carbocycles. The van der Waals surface area contributed by atoms with Gasteiger partial charge in [-0.3, -0.25) is 13.9 Å². The monoisotopic (exact) mass is 323 g/mol. The van der Waals surface area contributed by atoms with Crippen molar-refractivity contribution in [1.29, 1.82) is 0 Å². The van der Waals surface area contributed by atoms with E-state index in [1.54, 1.807) is 6.20 Å². The molecule has 6 heteroatoms. The second kappa shape index (κ2) is 7.73. The van der Waals surface area contributed by atoms with Gasteiger partial charge >= 0.3 is 7.60 Å². The lowest BCUT2D eigenvalue weighted by molar-refractivity contribution is 0.0932. The van der Waals surface area contributed by atoms with E-state index in [1.807, 2.05) is 44.2 Å². The molecule has 0 unspecified atom stereocenters.